The lowest BCUT2D eigenvalue weighted by molar-refractivity contribution is -0.137. The Kier molecular flexibility index (Phi) is 5.08. The van der Waals surface area contributed by atoms with Crippen molar-refractivity contribution in [2.75, 3.05) is 4.90 Å². The van der Waals surface area contributed by atoms with Gasteiger partial charge in [0.2, 0.25) is 0 Å². The number of carbonyl (C=O) groups excluding carboxylic acids is 1. The molecule has 2 N–H and O–H groups in total. The average Bonchev–Trinajstić information content (AvgIpc) is 2.72. The smallest absolute Gasteiger partial charge is 0.384 e. The number of pyridine rings is 1. The van der Waals surface area contributed by atoms with Gasteiger partial charge < -0.3 is 5.73 Å². The molecule has 32 heavy (non-hydrogen) atoms. The van der Waals surface area contributed by atoms with Gasteiger partial charge >= 0.3 is 6.18 Å². The second-order valence-electron chi connectivity index (χ2n) is 8.78. The van der Waals surface area contributed by atoms with Crippen molar-refractivity contribution in [3.8, 4) is 6.07 Å². The molecule has 164 valence electrons. The number of halogens is 3. The summed E-state index contributed by atoms with van der Waals surface area (Å²) in [7, 11) is 0. The lowest BCUT2D eigenvalue weighted by atomic mass is 9.68. The first-order valence-corrected chi connectivity index (χ1v) is 10.1. The number of rotatable bonds is 2. The van der Waals surface area contributed by atoms with Gasteiger partial charge in [-0.1, -0.05) is 32.0 Å². The van der Waals surface area contributed by atoms with Gasteiger partial charge in [0, 0.05) is 30.1 Å². The van der Waals surface area contributed by atoms with Gasteiger partial charge in [-0.25, -0.2) is 0 Å². The first kappa shape index (κ1) is 21.6. The first-order valence-electron chi connectivity index (χ1n) is 10.1. The largest absolute Gasteiger partial charge is 0.418 e. The van der Waals surface area contributed by atoms with Crippen LogP contribution in [0.5, 0.6) is 0 Å². The average molecular weight is 438 g/mol. The van der Waals surface area contributed by atoms with Crippen LogP contribution < -0.4 is 10.6 Å². The van der Waals surface area contributed by atoms with Gasteiger partial charge in [-0.15, -0.1) is 0 Å². The van der Waals surface area contributed by atoms with E-state index in [4.69, 9.17) is 5.73 Å². The molecule has 1 aromatic heterocycles. The molecule has 1 atom stereocenters. The van der Waals surface area contributed by atoms with Crippen LogP contribution in [0.4, 0.5) is 18.9 Å². The number of benzene rings is 1. The highest BCUT2D eigenvalue weighted by Crippen LogP contribution is 2.51. The second-order valence-corrected chi connectivity index (χ2v) is 8.78. The molecular formula is C24H21F3N4O. The van der Waals surface area contributed by atoms with E-state index in [0.29, 0.717) is 23.3 Å². The van der Waals surface area contributed by atoms with E-state index >= 15 is 0 Å². The molecule has 0 unspecified atom stereocenters. The van der Waals surface area contributed by atoms with Crippen molar-refractivity contribution in [3.63, 3.8) is 0 Å². The van der Waals surface area contributed by atoms with Crippen LogP contribution in [0.1, 0.15) is 43.7 Å². The molecule has 5 nitrogen and oxygen atoms in total. The zero-order valence-electron chi connectivity index (χ0n) is 17.6. The minimum Gasteiger partial charge on any atom is -0.384 e. The Hall–Kier alpha value is -3.60. The van der Waals surface area contributed by atoms with Crippen molar-refractivity contribution in [1.82, 2.24) is 4.98 Å². The highest BCUT2D eigenvalue weighted by molar-refractivity contribution is 6.01. The van der Waals surface area contributed by atoms with Gasteiger partial charge in [-0.05, 0) is 35.6 Å². The van der Waals surface area contributed by atoms with Crippen molar-refractivity contribution in [2.24, 2.45) is 11.1 Å². The van der Waals surface area contributed by atoms with Gasteiger partial charge in [-0.3, -0.25) is 14.7 Å². The van der Waals surface area contributed by atoms with Crippen LogP contribution in [0, 0.1) is 16.7 Å². The third-order valence-corrected chi connectivity index (χ3v) is 5.85. The van der Waals surface area contributed by atoms with Gasteiger partial charge in [0.15, 0.2) is 5.78 Å². The minimum atomic E-state index is -4.64. The zero-order valence-corrected chi connectivity index (χ0v) is 17.6. The number of Topliss-reactive ketones (excluding diaryl/α,β-unsaturated/α-hetero) is 1. The van der Waals surface area contributed by atoms with Crippen molar-refractivity contribution in [1.29, 1.82) is 5.26 Å². The monoisotopic (exact) mass is 438 g/mol. The molecular weight excluding hydrogens is 417 g/mol. The van der Waals surface area contributed by atoms with E-state index in [1.54, 1.807) is 24.5 Å². The van der Waals surface area contributed by atoms with Gasteiger partial charge in [0.1, 0.15) is 5.82 Å². The molecule has 0 saturated carbocycles. The first-order chi connectivity index (χ1) is 15.0. The Morgan fingerprint density at radius 1 is 1.19 bits per heavy atom. The van der Waals surface area contributed by atoms with Crippen LogP contribution in [0.15, 0.2) is 71.5 Å². The molecule has 0 spiro atoms. The van der Waals surface area contributed by atoms with E-state index in [0.717, 1.165) is 6.07 Å². The highest BCUT2D eigenvalue weighted by Gasteiger charge is 2.46. The number of allylic oxidation sites excluding steroid dienone is 3. The second kappa shape index (κ2) is 7.52. The minimum absolute atomic E-state index is 0.0294. The number of nitrogens with zero attached hydrogens (tertiary/aromatic N) is 3. The molecule has 2 heterocycles. The van der Waals surface area contributed by atoms with Crippen molar-refractivity contribution >= 4 is 11.5 Å². The Morgan fingerprint density at radius 2 is 1.91 bits per heavy atom. The van der Waals surface area contributed by atoms with E-state index < -0.39 is 23.1 Å². The van der Waals surface area contributed by atoms with E-state index in [9.17, 15) is 23.2 Å². The Morgan fingerprint density at radius 3 is 2.53 bits per heavy atom. The number of nitriles is 1. The van der Waals surface area contributed by atoms with Crippen LogP contribution in [0.25, 0.3) is 0 Å². The molecule has 0 fully saturated rings. The maximum absolute atomic E-state index is 13.9. The number of ketones is 1. The molecule has 0 saturated heterocycles. The number of para-hydroxylation sites is 1. The van der Waals surface area contributed by atoms with Crippen LogP contribution in [0.3, 0.4) is 0 Å². The Balaban J connectivity index is 2.05. The van der Waals surface area contributed by atoms with E-state index in [1.165, 1.54) is 23.1 Å². The lowest BCUT2D eigenvalue weighted by Gasteiger charge is -2.44. The molecule has 0 amide bonds. The molecule has 1 aliphatic carbocycles. The molecule has 8 heteroatoms. The fourth-order valence-electron chi connectivity index (χ4n) is 4.57. The summed E-state index contributed by atoms with van der Waals surface area (Å²) in [5, 5.41) is 9.98. The summed E-state index contributed by atoms with van der Waals surface area (Å²) in [6.45, 7) is 3.78. The summed E-state index contributed by atoms with van der Waals surface area (Å²) in [5.74, 6) is -1.09. The topological polar surface area (TPSA) is 83.0 Å². The number of hydrogen-bond acceptors (Lipinski definition) is 5. The molecule has 0 bridgehead atoms. The maximum Gasteiger partial charge on any atom is 0.418 e. The summed E-state index contributed by atoms with van der Waals surface area (Å²) >= 11 is 0. The maximum atomic E-state index is 13.9. The molecule has 2 aromatic rings. The predicted molar refractivity (Wildman–Crippen MR) is 113 cm³/mol. The summed E-state index contributed by atoms with van der Waals surface area (Å²) in [4.78, 5) is 18.7. The molecule has 4 rings (SSSR count). The standard InChI is InChI=1S/C24H21F3N4O/c1-23(2)10-18-21(19(32)11-23)20(14-6-5-9-30-13-14)15(12-28)22(29)31(18)17-8-4-3-7-16(17)24(25,26)27/h3-9,13,20H,10-11,29H2,1-2H3/t20-/m1/s1. The molecule has 1 aliphatic heterocycles. The molecule has 2 aliphatic rings. The number of nitrogens with two attached hydrogens (primary N) is 1. The number of anilines is 1. The Labute approximate surface area is 183 Å². The normalized spacial score (nSPS) is 20.8. The SMILES string of the molecule is CC1(C)CC(=O)C2=C(C1)N(c1ccccc1C(F)(F)F)C(N)=C(C#N)[C@H]2c1cccnc1. The van der Waals surface area contributed by atoms with Crippen LogP contribution in [-0.2, 0) is 11.0 Å². The third-order valence-electron chi connectivity index (χ3n) is 5.85. The summed E-state index contributed by atoms with van der Waals surface area (Å²) < 4.78 is 41.6. The van der Waals surface area contributed by atoms with Crippen molar-refractivity contribution < 1.29 is 18.0 Å². The summed E-state index contributed by atoms with van der Waals surface area (Å²) in [6, 6.07) is 10.5. The predicted octanol–water partition coefficient (Wildman–Crippen LogP) is 5.04. The molecule has 1 aromatic carbocycles. The summed E-state index contributed by atoms with van der Waals surface area (Å²) in [5.41, 5.74) is 6.15. The fourth-order valence-corrected chi connectivity index (χ4v) is 4.57. The fraction of sp³-hybridized carbons (Fsp3) is 0.292. The Bertz CT molecular complexity index is 1190. The van der Waals surface area contributed by atoms with Crippen molar-refractivity contribution in [2.45, 2.75) is 38.8 Å². The summed E-state index contributed by atoms with van der Waals surface area (Å²) in [6.07, 6.45) is -0.976. The van der Waals surface area contributed by atoms with Crippen LogP contribution in [0.2, 0.25) is 0 Å². The lowest BCUT2D eigenvalue weighted by Crippen LogP contribution is -2.42. The quantitative estimate of drug-likeness (QED) is 0.710. The third kappa shape index (κ3) is 3.54. The van der Waals surface area contributed by atoms with E-state index in [1.807, 2.05) is 13.8 Å². The van der Waals surface area contributed by atoms with Crippen LogP contribution >= 0.6 is 0 Å². The van der Waals surface area contributed by atoms with Crippen LogP contribution in [-0.4, -0.2) is 10.8 Å². The number of alkyl halides is 3. The number of hydrogen-bond donors (Lipinski definition) is 1. The number of carbonyl (C=O) groups is 1. The van der Waals surface area contributed by atoms with E-state index in [2.05, 4.69) is 11.1 Å². The van der Waals surface area contributed by atoms with E-state index in [-0.39, 0.29) is 29.3 Å². The zero-order chi connectivity index (χ0) is 23.3. The highest BCUT2D eigenvalue weighted by atomic mass is 19.4. The van der Waals surface area contributed by atoms with Crippen molar-refractivity contribution in [3.05, 3.63) is 82.6 Å². The van der Waals surface area contributed by atoms with Gasteiger partial charge in [0.25, 0.3) is 0 Å². The van der Waals surface area contributed by atoms with Gasteiger partial charge in [0.05, 0.1) is 28.8 Å². The van der Waals surface area contributed by atoms with Gasteiger partial charge in [-0.2, -0.15) is 18.4 Å². The number of aromatic nitrogens is 1. The molecule has 0 radical (unpaired) electrons.